The molecule has 0 fully saturated rings. The smallest absolute Gasteiger partial charge is 0.405 e. The number of nitrogens with one attached hydrogen (secondary N) is 3. The van der Waals surface area contributed by atoms with Crippen molar-refractivity contribution in [1.82, 2.24) is 16.0 Å². The Morgan fingerprint density at radius 1 is 1.24 bits per heavy atom. The number of carboxylic acid groups (broad SMARTS) is 1. The molecule has 0 saturated heterocycles. The molecule has 1 atom stereocenters. The molecular formula is C10H17ClF3N3O4. The SMILES string of the molecule is CCCC(NCC(=O)NC(=O)NCC(F)(F)F)C(=O)O.Cl. The van der Waals surface area contributed by atoms with Crippen molar-refractivity contribution in [2.45, 2.75) is 32.0 Å². The maximum atomic E-state index is 11.8. The number of carbonyl (C=O) groups excluding carboxylic acids is 2. The zero-order valence-corrected chi connectivity index (χ0v) is 11.9. The summed E-state index contributed by atoms with van der Waals surface area (Å²) in [6, 6.07) is -2.25. The van der Waals surface area contributed by atoms with Gasteiger partial charge in [-0.15, -0.1) is 12.4 Å². The lowest BCUT2D eigenvalue weighted by molar-refractivity contribution is -0.139. The first-order chi connectivity index (χ1) is 9.15. The molecule has 0 heterocycles. The summed E-state index contributed by atoms with van der Waals surface area (Å²) in [7, 11) is 0. The van der Waals surface area contributed by atoms with Crippen LogP contribution in [0.15, 0.2) is 0 Å². The highest BCUT2D eigenvalue weighted by Gasteiger charge is 2.28. The monoisotopic (exact) mass is 335 g/mol. The van der Waals surface area contributed by atoms with Crippen molar-refractivity contribution in [3.8, 4) is 0 Å². The van der Waals surface area contributed by atoms with E-state index in [1.165, 1.54) is 5.32 Å². The lowest BCUT2D eigenvalue weighted by atomic mass is 10.2. The van der Waals surface area contributed by atoms with Crippen LogP contribution in [0.1, 0.15) is 19.8 Å². The van der Waals surface area contributed by atoms with Gasteiger partial charge < -0.3 is 10.4 Å². The molecule has 3 amide bonds. The lowest BCUT2D eigenvalue weighted by Crippen LogP contribution is -2.48. The number of carboxylic acids is 1. The summed E-state index contributed by atoms with van der Waals surface area (Å²) in [6.07, 6.45) is -3.73. The number of urea groups is 1. The number of aliphatic carboxylic acids is 1. The number of carbonyl (C=O) groups is 3. The third-order valence-corrected chi connectivity index (χ3v) is 2.09. The minimum absolute atomic E-state index is 0. The van der Waals surface area contributed by atoms with Crippen LogP contribution in [0.3, 0.4) is 0 Å². The maximum Gasteiger partial charge on any atom is 0.405 e. The molecule has 0 bridgehead atoms. The van der Waals surface area contributed by atoms with Gasteiger partial charge in [0.15, 0.2) is 0 Å². The first-order valence-electron chi connectivity index (χ1n) is 5.76. The fourth-order valence-electron chi connectivity index (χ4n) is 1.21. The summed E-state index contributed by atoms with van der Waals surface area (Å²) >= 11 is 0. The fraction of sp³-hybridized carbons (Fsp3) is 0.700. The van der Waals surface area contributed by atoms with E-state index < -0.39 is 43.2 Å². The standard InChI is InChI=1S/C10H16F3N3O4.ClH/c1-2-3-6(8(18)19)14-4-7(17)16-9(20)15-5-10(11,12)13;/h6,14H,2-5H2,1H3,(H,18,19)(H2,15,16,17,20);1H. The minimum Gasteiger partial charge on any atom is -0.480 e. The van der Waals surface area contributed by atoms with Gasteiger partial charge in [-0.2, -0.15) is 13.2 Å². The van der Waals surface area contributed by atoms with Crippen molar-refractivity contribution in [3.05, 3.63) is 0 Å². The number of halogens is 4. The second-order valence-corrected chi connectivity index (χ2v) is 3.91. The summed E-state index contributed by atoms with van der Waals surface area (Å²) in [5, 5.41) is 14.3. The van der Waals surface area contributed by atoms with Gasteiger partial charge in [0.1, 0.15) is 12.6 Å². The highest BCUT2D eigenvalue weighted by molar-refractivity contribution is 5.95. The first kappa shape index (κ1) is 21.7. The van der Waals surface area contributed by atoms with Crippen LogP contribution in [0.5, 0.6) is 0 Å². The number of alkyl halides is 3. The average Bonchev–Trinajstić information content (AvgIpc) is 2.30. The summed E-state index contributed by atoms with van der Waals surface area (Å²) in [5.41, 5.74) is 0. The van der Waals surface area contributed by atoms with Gasteiger partial charge in [0, 0.05) is 0 Å². The van der Waals surface area contributed by atoms with Crippen molar-refractivity contribution < 1.29 is 32.7 Å². The van der Waals surface area contributed by atoms with Gasteiger partial charge in [0.2, 0.25) is 5.91 Å². The topological polar surface area (TPSA) is 108 Å². The van der Waals surface area contributed by atoms with Crippen molar-refractivity contribution in [2.24, 2.45) is 0 Å². The number of rotatable bonds is 7. The molecule has 21 heavy (non-hydrogen) atoms. The van der Waals surface area contributed by atoms with Gasteiger partial charge in [0.25, 0.3) is 0 Å². The van der Waals surface area contributed by atoms with Gasteiger partial charge in [-0.1, -0.05) is 13.3 Å². The van der Waals surface area contributed by atoms with Gasteiger partial charge in [0.05, 0.1) is 6.54 Å². The third-order valence-electron chi connectivity index (χ3n) is 2.09. The molecule has 4 N–H and O–H groups in total. The van der Waals surface area contributed by atoms with E-state index in [9.17, 15) is 27.6 Å². The molecular weight excluding hydrogens is 319 g/mol. The van der Waals surface area contributed by atoms with Gasteiger partial charge >= 0.3 is 18.2 Å². The van der Waals surface area contributed by atoms with Crippen LogP contribution in [0.25, 0.3) is 0 Å². The first-order valence-corrected chi connectivity index (χ1v) is 5.76. The third kappa shape index (κ3) is 11.9. The van der Waals surface area contributed by atoms with Gasteiger partial charge in [-0.25, -0.2) is 4.79 Å². The number of hydrogen-bond donors (Lipinski definition) is 4. The summed E-state index contributed by atoms with van der Waals surface area (Å²) < 4.78 is 35.3. The Hall–Kier alpha value is -1.55. The van der Waals surface area contributed by atoms with Gasteiger partial charge in [-0.05, 0) is 6.42 Å². The Morgan fingerprint density at radius 3 is 2.24 bits per heavy atom. The summed E-state index contributed by atoms with van der Waals surface area (Å²) in [5.74, 6) is -2.08. The van der Waals surface area contributed by atoms with E-state index in [4.69, 9.17) is 5.11 Å². The molecule has 11 heteroatoms. The van der Waals surface area contributed by atoms with Gasteiger partial charge in [-0.3, -0.25) is 20.2 Å². The molecule has 0 aliphatic heterocycles. The van der Waals surface area contributed by atoms with Crippen molar-refractivity contribution in [3.63, 3.8) is 0 Å². The molecule has 0 aliphatic carbocycles. The van der Waals surface area contributed by atoms with E-state index in [-0.39, 0.29) is 18.8 Å². The number of hydrogen-bond acceptors (Lipinski definition) is 4. The quantitative estimate of drug-likeness (QED) is 0.546. The van der Waals surface area contributed by atoms with Crippen molar-refractivity contribution in [1.29, 1.82) is 0 Å². The molecule has 7 nitrogen and oxygen atoms in total. The predicted octanol–water partition coefficient (Wildman–Crippen LogP) is 0.639. The second-order valence-electron chi connectivity index (χ2n) is 3.91. The number of amides is 3. The molecule has 0 aromatic rings. The normalized spacial score (nSPS) is 12.0. The Bertz CT molecular complexity index is 366. The van der Waals surface area contributed by atoms with Crippen LogP contribution in [0.2, 0.25) is 0 Å². The fourth-order valence-corrected chi connectivity index (χ4v) is 1.21. The van der Waals surface area contributed by atoms with E-state index >= 15 is 0 Å². The Kier molecular flexibility index (Phi) is 10.6. The lowest BCUT2D eigenvalue weighted by Gasteiger charge is -2.13. The molecule has 0 aromatic heterocycles. The van der Waals surface area contributed by atoms with E-state index in [0.717, 1.165) is 0 Å². The van der Waals surface area contributed by atoms with Crippen molar-refractivity contribution in [2.75, 3.05) is 13.1 Å². The van der Waals surface area contributed by atoms with E-state index in [0.29, 0.717) is 6.42 Å². The summed E-state index contributed by atoms with van der Waals surface area (Å²) in [6.45, 7) is -0.300. The molecule has 0 spiro atoms. The van der Waals surface area contributed by atoms with E-state index in [1.54, 1.807) is 12.2 Å². The van der Waals surface area contributed by atoms with Crippen LogP contribution >= 0.6 is 12.4 Å². The molecule has 0 aliphatic rings. The van der Waals surface area contributed by atoms with Crippen LogP contribution in [-0.4, -0.2) is 48.3 Å². The van der Waals surface area contributed by atoms with Crippen LogP contribution in [-0.2, 0) is 9.59 Å². The molecule has 0 saturated carbocycles. The van der Waals surface area contributed by atoms with E-state index in [2.05, 4.69) is 5.32 Å². The average molecular weight is 336 g/mol. The molecule has 0 rings (SSSR count). The largest absolute Gasteiger partial charge is 0.480 e. The highest BCUT2D eigenvalue weighted by atomic mass is 35.5. The molecule has 0 radical (unpaired) electrons. The Balaban J connectivity index is 0. The summed E-state index contributed by atoms with van der Waals surface area (Å²) in [4.78, 5) is 32.9. The van der Waals surface area contributed by atoms with E-state index in [1.807, 2.05) is 0 Å². The molecule has 1 unspecified atom stereocenters. The highest BCUT2D eigenvalue weighted by Crippen LogP contribution is 2.11. The second kappa shape index (κ2) is 10.2. The van der Waals surface area contributed by atoms with Crippen molar-refractivity contribution >= 4 is 30.3 Å². The Morgan fingerprint density at radius 2 is 1.81 bits per heavy atom. The zero-order chi connectivity index (χ0) is 15.8. The van der Waals surface area contributed by atoms with Crippen LogP contribution < -0.4 is 16.0 Å². The predicted molar refractivity (Wildman–Crippen MR) is 69.2 cm³/mol. The number of imide groups is 1. The zero-order valence-electron chi connectivity index (χ0n) is 11.1. The molecule has 124 valence electrons. The van der Waals surface area contributed by atoms with Crippen LogP contribution in [0.4, 0.5) is 18.0 Å². The molecule has 0 aromatic carbocycles. The van der Waals surface area contributed by atoms with Crippen LogP contribution in [0, 0.1) is 0 Å². The minimum atomic E-state index is -4.58. The Labute approximate surface area is 125 Å². The maximum absolute atomic E-state index is 11.8.